The fourth-order valence-corrected chi connectivity index (χ4v) is 3.95. The van der Waals surface area contributed by atoms with Gasteiger partial charge in [-0.25, -0.2) is 4.39 Å². The second kappa shape index (κ2) is 8.11. The molecule has 0 spiro atoms. The van der Waals surface area contributed by atoms with Gasteiger partial charge in [-0.2, -0.15) is 0 Å². The fraction of sp³-hybridized carbons (Fsp3) is 0.200. The van der Waals surface area contributed by atoms with Gasteiger partial charge < -0.3 is 10.2 Å². The van der Waals surface area contributed by atoms with E-state index in [1.54, 1.807) is 23.1 Å². The van der Waals surface area contributed by atoms with Crippen LogP contribution in [0.2, 0.25) is 0 Å². The van der Waals surface area contributed by atoms with Gasteiger partial charge in [0, 0.05) is 17.8 Å². The number of fused-ring (bicyclic) bond motifs is 1. The summed E-state index contributed by atoms with van der Waals surface area (Å²) < 4.78 is 13.5. The standard InChI is InChI=1S/C25H23FN2O2/c1-16-7-12-22(17(2)13-16)27-24(29)14-23(18-8-10-20(26)11-9-18)28-15-19-5-3-4-6-21(19)25(28)30/h3-13,23H,14-15H2,1-2H3,(H,27,29). The summed E-state index contributed by atoms with van der Waals surface area (Å²) in [5.41, 5.74) is 5.16. The predicted octanol–water partition coefficient (Wildman–Crippen LogP) is 5.17. The van der Waals surface area contributed by atoms with Gasteiger partial charge in [0.15, 0.2) is 0 Å². The van der Waals surface area contributed by atoms with E-state index in [0.717, 1.165) is 27.9 Å². The number of nitrogens with one attached hydrogen (secondary N) is 1. The van der Waals surface area contributed by atoms with Crippen LogP contribution >= 0.6 is 0 Å². The zero-order valence-corrected chi connectivity index (χ0v) is 17.0. The first-order valence-corrected chi connectivity index (χ1v) is 9.94. The number of benzene rings is 3. The van der Waals surface area contributed by atoms with E-state index in [-0.39, 0.29) is 24.1 Å². The molecule has 2 amide bonds. The topological polar surface area (TPSA) is 49.4 Å². The minimum Gasteiger partial charge on any atom is -0.327 e. The van der Waals surface area contributed by atoms with Crippen molar-refractivity contribution in [3.05, 3.63) is 100 Å². The lowest BCUT2D eigenvalue weighted by Gasteiger charge is -2.28. The maximum atomic E-state index is 13.5. The second-order valence-corrected chi connectivity index (χ2v) is 7.73. The average molecular weight is 402 g/mol. The lowest BCUT2D eigenvalue weighted by atomic mass is 10.0. The van der Waals surface area contributed by atoms with Crippen molar-refractivity contribution in [2.24, 2.45) is 0 Å². The Morgan fingerprint density at radius 1 is 1.07 bits per heavy atom. The van der Waals surface area contributed by atoms with Crippen molar-refractivity contribution in [2.45, 2.75) is 32.9 Å². The van der Waals surface area contributed by atoms with Crippen molar-refractivity contribution < 1.29 is 14.0 Å². The molecule has 30 heavy (non-hydrogen) atoms. The van der Waals surface area contributed by atoms with Crippen LogP contribution in [0, 0.1) is 19.7 Å². The van der Waals surface area contributed by atoms with E-state index in [1.807, 2.05) is 50.2 Å². The smallest absolute Gasteiger partial charge is 0.255 e. The van der Waals surface area contributed by atoms with Gasteiger partial charge in [0.2, 0.25) is 5.91 Å². The molecule has 1 N–H and O–H groups in total. The molecular formula is C25H23FN2O2. The first kappa shape index (κ1) is 19.8. The molecule has 1 atom stereocenters. The summed E-state index contributed by atoms with van der Waals surface area (Å²) in [4.78, 5) is 27.6. The number of carbonyl (C=O) groups excluding carboxylic acids is 2. The molecule has 1 heterocycles. The van der Waals surface area contributed by atoms with Gasteiger partial charge in [0.05, 0.1) is 12.5 Å². The SMILES string of the molecule is Cc1ccc(NC(=O)CC(c2ccc(F)cc2)N2Cc3ccccc3C2=O)c(C)c1. The number of rotatable bonds is 5. The number of nitrogens with zero attached hydrogens (tertiary/aromatic N) is 1. The highest BCUT2D eigenvalue weighted by Gasteiger charge is 2.34. The van der Waals surface area contributed by atoms with Gasteiger partial charge in [0.25, 0.3) is 5.91 Å². The molecule has 0 aliphatic carbocycles. The molecule has 0 radical (unpaired) electrons. The Labute approximate surface area is 175 Å². The van der Waals surface area contributed by atoms with Crippen molar-refractivity contribution in [1.29, 1.82) is 0 Å². The summed E-state index contributed by atoms with van der Waals surface area (Å²) in [5, 5.41) is 2.96. The van der Waals surface area contributed by atoms with Gasteiger partial charge >= 0.3 is 0 Å². The summed E-state index contributed by atoms with van der Waals surface area (Å²) in [7, 11) is 0. The maximum Gasteiger partial charge on any atom is 0.255 e. The summed E-state index contributed by atoms with van der Waals surface area (Å²) >= 11 is 0. The molecule has 4 rings (SSSR count). The third-order valence-electron chi connectivity index (χ3n) is 5.52. The molecule has 3 aromatic carbocycles. The van der Waals surface area contributed by atoms with E-state index >= 15 is 0 Å². The van der Waals surface area contributed by atoms with Crippen molar-refractivity contribution in [3.8, 4) is 0 Å². The van der Waals surface area contributed by atoms with Crippen LogP contribution in [-0.2, 0) is 11.3 Å². The Bertz CT molecular complexity index is 1110. The van der Waals surface area contributed by atoms with E-state index < -0.39 is 6.04 Å². The predicted molar refractivity (Wildman–Crippen MR) is 115 cm³/mol. The summed E-state index contributed by atoms with van der Waals surface area (Å²) in [6.45, 7) is 4.37. The van der Waals surface area contributed by atoms with E-state index in [9.17, 15) is 14.0 Å². The average Bonchev–Trinajstić information content (AvgIpc) is 3.06. The number of hydrogen-bond acceptors (Lipinski definition) is 2. The molecule has 1 aliphatic rings. The highest BCUT2D eigenvalue weighted by atomic mass is 19.1. The minimum atomic E-state index is -0.490. The summed E-state index contributed by atoms with van der Waals surface area (Å²) in [5.74, 6) is -0.660. The fourth-order valence-electron chi connectivity index (χ4n) is 3.95. The maximum absolute atomic E-state index is 13.5. The monoisotopic (exact) mass is 402 g/mol. The molecule has 0 saturated carbocycles. The number of aryl methyl sites for hydroxylation is 2. The Morgan fingerprint density at radius 3 is 2.50 bits per heavy atom. The molecule has 0 saturated heterocycles. The molecule has 4 nitrogen and oxygen atoms in total. The van der Waals surface area contributed by atoms with Crippen LogP contribution < -0.4 is 5.32 Å². The molecule has 1 aliphatic heterocycles. The number of hydrogen-bond donors (Lipinski definition) is 1. The van der Waals surface area contributed by atoms with E-state index in [2.05, 4.69) is 5.32 Å². The van der Waals surface area contributed by atoms with Crippen molar-refractivity contribution in [2.75, 3.05) is 5.32 Å². The number of amides is 2. The first-order chi connectivity index (χ1) is 14.4. The highest BCUT2D eigenvalue weighted by molar-refractivity contribution is 5.99. The second-order valence-electron chi connectivity index (χ2n) is 7.73. The largest absolute Gasteiger partial charge is 0.327 e. The van der Waals surface area contributed by atoms with Gasteiger partial charge in [-0.3, -0.25) is 9.59 Å². The van der Waals surface area contributed by atoms with Crippen molar-refractivity contribution in [3.63, 3.8) is 0 Å². The van der Waals surface area contributed by atoms with E-state index in [1.165, 1.54) is 12.1 Å². The molecule has 1 unspecified atom stereocenters. The number of carbonyl (C=O) groups is 2. The normalized spacial score (nSPS) is 13.8. The van der Waals surface area contributed by atoms with Crippen LogP contribution in [0.3, 0.4) is 0 Å². The third-order valence-corrected chi connectivity index (χ3v) is 5.52. The third kappa shape index (κ3) is 3.96. The van der Waals surface area contributed by atoms with E-state index in [4.69, 9.17) is 0 Å². The molecule has 5 heteroatoms. The summed E-state index contributed by atoms with van der Waals surface area (Å²) in [6.07, 6.45) is 0.0820. The zero-order chi connectivity index (χ0) is 21.3. The van der Waals surface area contributed by atoms with Crippen LogP contribution in [0.4, 0.5) is 10.1 Å². The van der Waals surface area contributed by atoms with Crippen LogP contribution in [0.15, 0.2) is 66.7 Å². The van der Waals surface area contributed by atoms with Crippen LogP contribution in [0.25, 0.3) is 0 Å². The quantitative estimate of drug-likeness (QED) is 0.640. The molecule has 0 fully saturated rings. The van der Waals surface area contributed by atoms with Gasteiger partial charge in [-0.15, -0.1) is 0 Å². The highest BCUT2D eigenvalue weighted by Crippen LogP contribution is 2.34. The summed E-state index contributed by atoms with van der Waals surface area (Å²) in [6, 6.07) is 18.8. The molecule has 3 aromatic rings. The molecule has 0 aromatic heterocycles. The Morgan fingerprint density at radius 2 is 1.80 bits per heavy atom. The first-order valence-electron chi connectivity index (χ1n) is 9.94. The number of anilines is 1. The zero-order valence-electron chi connectivity index (χ0n) is 17.0. The van der Waals surface area contributed by atoms with Gasteiger partial charge in [-0.1, -0.05) is 48.0 Å². The van der Waals surface area contributed by atoms with E-state index in [0.29, 0.717) is 12.1 Å². The lowest BCUT2D eigenvalue weighted by Crippen LogP contribution is -2.32. The Kier molecular flexibility index (Phi) is 5.36. The Balaban J connectivity index is 1.61. The van der Waals surface area contributed by atoms with Crippen LogP contribution in [-0.4, -0.2) is 16.7 Å². The van der Waals surface area contributed by atoms with Crippen molar-refractivity contribution >= 4 is 17.5 Å². The molecule has 0 bridgehead atoms. The van der Waals surface area contributed by atoms with Crippen LogP contribution in [0.5, 0.6) is 0 Å². The minimum absolute atomic E-state index is 0.0820. The lowest BCUT2D eigenvalue weighted by molar-refractivity contribution is -0.117. The van der Waals surface area contributed by atoms with Gasteiger partial charge in [0.1, 0.15) is 5.82 Å². The number of halogens is 1. The van der Waals surface area contributed by atoms with Crippen molar-refractivity contribution in [1.82, 2.24) is 4.90 Å². The van der Waals surface area contributed by atoms with Crippen LogP contribution in [0.1, 0.15) is 45.1 Å². The van der Waals surface area contributed by atoms with Gasteiger partial charge in [-0.05, 0) is 54.8 Å². The Hall–Kier alpha value is -3.47. The molecular weight excluding hydrogens is 379 g/mol. The molecule has 152 valence electrons.